The number of hydrogen-bond acceptors (Lipinski definition) is 8. The summed E-state index contributed by atoms with van der Waals surface area (Å²) in [5.41, 5.74) is 9.49. The normalized spacial score (nSPS) is 12.8. The predicted octanol–water partition coefficient (Wildman–Crippen LogP) is 7.16. The van der Waals surface area contributed by atoms with Crippen LogP contribution in [0.25, 0.3) is 78.9 Å². The van der Waals surface area contributed by atoms with E-state index in [9.17, 15) is 4.79 Å². The Balaban J connectivity index is 1.16. The number of imidazole rings is 1. The van der Waals surface area contributed by atoms with Gasteiger partial charge in [-0.25, -0.2) is 34.9 Å². The van der Waals surface area contributed by atoms with E-state index in [0.717, 1.165) is 69.4 Å². The lowest BCUT2D eigenvalue weighted by molar-refractivity contribution is 0.0953. The molecular formula is C41H33N11O. The average molecular weight is 696 g/mol. The van der Waals surface area contributed by atoms with Crippen molar-refractivity contribution in [2.45, 2.75) is 39.0 Å². The summed E-state index contributed by atoms with van der Waals surface area (Å²) in [5, 5.41) is 4.89. The van der Waals surface area contributed by atoms with Crippen molar-refractivity contribution in [1.82, 2.24) is 55.2 Å². The molecule has 10 rings (SSSR count). The number of amides is 1. The van der Waals surface area contributed by atoms with Crippen LogP contribution in [-0.2, 0) is 19.3 Å². The van der Waals surface area contributed by atoms with Gasteiger partial charge in [0.25, 0.3) is 5.91 Å². The summed E-state index contributed by atoms with van der Waals surface area (Å²) in [6, 6.07) is 21.6. The van der Waals surface area contributed by atoms with Crippen LogP contribution in [-0.4, -0.2) is 62.3 Å². The molecular weight excluding hydrogens is 663 g/mol. The van der Waals surface area contributed by atoms with Gasteiger partial charge < -0.3 is 20.3 Å². The molecule has 8 bridgehead atoms. The first-order chi connectivity index (χ1) is 26.1. The van der Waals surface area contributed by atoms with Gasteiger partial charge in [0, 0.05) is 62.6 Å². The lowest BCUT2D eigenvalue weighted by Crippen LogP contribution is -2.25. The van der Waals surface area contributed by atoms with Gasteiger partial charge in [-0.1, -0.05) is 72.8 Å². The highest BCUT2D eigenvalue weighted by Crippen LogP contribution is 2.38. The van der Waals surface area contributed by atoms with Crippen molar-refractivity contribution in [1.29, 1.82) is 0 Å². The number of rotatable bonds is 6. The number of H-pyrrole nitrogens is 3. The van der Waals surface area contributed by atoms with E-state index in [4.69, 9.17) is 29.9 Å². The topological polar surface area (TPSA) is 167 Å². The van der Waals surface area contributed by atoms with Crippen molar-refractivity contribution >= 4 is 39.3 Å². The smallest absolute Gasteiger partial charge is 0.252 e. The van der Waals surface area contributed by atoms with Gasteiger partial charge in [0.1, 0.15) is 28.4 Å². The molecule has 7 aromatic rings. The molecule has 0 saturated carbocycles. The van der Waals surface area contributed by atoms with Crippen LogP contribution in [0.15, 0.2) is 85.1 Å². The van der Waals surface area contributed by atoms with Crippen LogP contribution in [0.3, 0.4) is 0 Å². The first-order valence-corrected chi connectivity index (χ1v) is 17.9. The Morgan fingerprint density at radius 1 is 0.642 bits per heavy atom. The van der Waals surface area contributed by atoms with Crippen LogP contribution in [0.4, 0.5) is 0 Å². The number of unbranched alkanes of at least 4 members (excludes halogenated alkanes) is 1. The fraction of sp³-hybridized carbons (Fsp3) is 0.171. The molecule has 12 heteroatoms. The number of aryl methyl sites for hydroxylation is 2. The molecule has 3 aliphatic rings. The van der Waals surface area contributed by atoms with E-state index in [-0.39, 0.29) is 5.91 Å². The van der Waals surface area contributed by atoms with E-state index in [1.165, 1.54) is 0 Å². The number of benzene rings is 3. The third kappa shape index (κ3) is 5.38. The van der Waals surface area contributed by atoms with Crippen LogP contribution in [0.2, 0.25) is 0 Å². The number of carbonyl (C=O) groups excluding carboxylic acids is 1. The van der Waals surface area contributed by atoms with Crippen molar-refractivity contribution in [3.63, 3.8) is 0 Å². The number of allylic oxidation sites excluding steroid dienone is 2. The first-order valence-electron chi connectivity index (χ1n) is 17.9. The minimum Gasteiger partial charge on any atom is -0.352 e. The maximum absolute atomic E-state index is 13.9. The third-order valence-electron chi connectivity index (χ3n) is 10.0. The van der Waals surface area contributed by atoms with Gasteiger partial charge in [-0.15, -0.1) is 0 Å². The van der Waals surface area contributed by atoms with E-state index in [0.29, 0.717) is 76.4 Å². The zero-order chi connectivity index (χ0) is 35.5. The Bertz CT molecular complexity index is 2830. The molecule has 0 radical (unpaired) electrons. The van der Waals surface area contributed by atoms with Gasteiger partial charge in [-0.05, 0) is 45.1 Å². The first kappa shape index (κ1) is 31.0. The van der Waals surface area contributed by atoms with Crippen molar-refractivity contribution in [3.8, 4) is 45.6 Å². The van der Waals surface area contributed by atoms with Gasteiger partial charge in [0.2, 0.25) is 0 Å². The minimum atomic E-state index is -0.186. The standard InChI is InChI=1S/C41H33N11O/c1-22-43-21-23(44-22)11-8-9-20-42-41(53)31-19-10-18-30-32(31)40-51-38-29-17-7-6-16-28(29)36(49-38)47-34-25-13-3-2-12-24(25)33(45-34)46-35-26-14-4-5-15-27(26)37(48-35)50-39(30)52-40/h2-7,10,12-13,16-19,21H,8-9,11,14-15,20H2,1H3,(H,42,53)(H,43,44)(H2,45,46,47,48,49,50,51,52). The molecule has 6 heterocycles. The lowest BCUT2D eigenvalue weighted by Gasteiger charge is -2.09. The fourth-order valence-corrected chi connectivity index (χ4v) is 7.48. The van der Waals surface area contributed by atoms with Crippen LogP contribution in [0.5, 0.6) is 0 Å². The molecule has 4 aromatic heterocycles. The number of aromatic nitrogens is 10. The summed E-state index contributed by atoms with van der Waals surface area (Å²) in [5.74, 6) is 2.74. The van der Waals surface area contributed by atoms with Gasteiger partial charge in [-0.2, -0.15) is 0 Å². The Morgan fingerprint density at radius 2 is 1.23 bits per heavy atom. The summed E-state index contributed by atoms with van der Waals surface area (Å²) in [6.45, 7) is 2.48. The Labute approximate surface area is 303 Å². The molecule has 3 aromatic carbocycles. The molecule has 258 valence electrons. The number of fused-ring (bicyclic) bond motifs is 20. The number of aromatic amines is 3. The van der Waals surface area contributed by atoms with Gasteiger partial charge in [-0.3, -0.25) is 4.79 Å². The second-order valence-corrected chi connectivity index (χ2v) is 13.5. The number of hydrogen-bond donors (Lipinski definition) is 4. The van der Waals surface area contributed by atoms with E-state index in [1.807, 2.05) is 79.9 Å². The van der Waals surface area contributed by atoms with E-state index in [2.05, 4.69) is 37.4 Å². The third-order valence-corrected chi connectivity index (χ3v) is 10.0. The molecule has 12 nitrogen and oxygen atoms in total. The molecule has 0 fully saturated rings. The quantitative estimate of drug-likeness (QED) is 0.105. The van der Waals surface area contributed by atoms with Crippen LogP contribution in [0.1, 0.15) is 45.8 Å². The Morgan fingerprint density at radius 3 is 1.91 bits per heavy atom. The second-order valence-electron chi connectivity index (χ2n) is 13.5. The zero-order valence-corrected chi connectivity index (χ0v) is 28.9. The van der Waals surface area contributed by atoms with Crippen LogP contribution >= 0.6 is 0 Å². The summed E-state index contributed by atoms with van der Waals surface area (Å²) in [4.78, 5) is 58.9. The highest BCUT2D eigenvalue weighted by Gasteiger charge is 2.27. The molecule has 0 atom stereocenters. The molecule has 1 amide bonds. The minimum absolute atomic E-state index is 0.186. The number of carbonyl (C=O) groups is 1. The lowest BCUT2D eigenvalue weighted by atomic mass is 10.0. The van der Waals surface area contributed by atoms with Gasteiger partial charge >= 0.3 is 0 Å². The molecule has 4 N–H and O–H groups in total. The number of nitrogens with one attached hydrogen (secondary N) is 4. The molecule has 1 aliphatic carbocycles. The summed E-state index contributed by atoms with van der Waals surface area (Å²) >= 11 is 0. The van der Waals surface area contributed by atoms with Gasteiger partial charge in [0.05, 0.1) is 5.56 Å². The summed E-state index contributed by atoms with van der Waals surface area (Å²) < 4.78 is 0. The highest BCUT2D eigenvalue weighted by molar-refractivity contribution is 6.07. The fourth-order valence-electron chi connectivity index (χ4n) is 7.48. The van der Waals surface area contributed by atoms with Gasteiger partial charge in [0.15, 0.2) is 23.3 Å². The summed E-state index contributed by atoms with van der Waals surface area (Å²) in [7, 11) is 0. The average Bonchev–Trinajstić information content (AvgIpc) is 4.00. The van der Waals surface area contributed by atoms with Crippen LogP contribution in [0, 0.1) is 6.92 Å². The van der Waals surface area contributed by atoms with E-state index >= 15 is 0 Å². The molecule has 0 saturated heterocycles. The molecule has 0 unspecified atom stereocenters. The van der Waals surface area contributed by atoms with Crippen molar-refractivity contribution in [2.24, 2.45) is 0 Å². The predicted molar refractivity (Wildman–Crippen MR) is 204 cm³/mol. The number of nitrogens with zero attached hydrogens (tertiary/aromatic N) is 7. The van der Waals surface area contributed by atoms with E-state index in [1.54, 1.807) is 0 Å². The molecule has 2 aliphatic heterocycles. The Hall–Kier alpha value is -6.82. The highest BCUT2D eigenvalue weighted by atomic mass is 16.1. The monoisotopic (exact) mass is 695 g/mol. The van der Waals surface area contributed by atoms with E-state index < -0.39 is 0 Å². The largest absolute Gasteiger partial charge is 0.352 e. The van der Waals surface area contributed by atoms with Crippen molar-refractivity contribution in [3.05, 3.63) is 113 Å². The van der Waals surface area contributed by atoms with Crippen molar-refractivity contribution in [2.75, 3.05) is 6.54 Å². The van der Waals surface area contributed by atoms with Crippen LogP contribution < -0.4 is 5.32 Å². The maximum atomic E-state index is 13.9. The molecule has 53 heavy (non-hydrogen) atoms. The second kappa shape index (κ2) is 12.4. The zero-order valence-electron chi connectivity index (χ0n) is 28.9. The Kier molecular flexibility index (Phi) is 7.27. The maximum Gasteiger partial charge on any atom is 0.252 e. The molecule has 0 spiro atoms. The SMILES string of the molecule is Cc1ncc(CCCCNC(=O)c2cccc3c2-c2nc-3nc3[nH]c(nc4nc(nc5[nH]c(n2)c2ccccc52)-c2ccccc2-4)c2c3CC=CC2)[nH]1. The van der Waals surface area contributed by atoms with Crippen molar-refractivity contribution < 1.29 is 4.79 Å². The summed E-state index contributed by atoms with van der Waals surface area (Å²) in [6.07, 6.45) is 10.2.